The summed E-state index contributed by atoms with van der Waals surface area (Å²) in [4.78, 5) is 11.5. The summed E-state index contributed by atoms with van der Waals surface area (Å²) in [6.45, 7) is 2.88. The van der Waals surface area contributed by atoms with Crippen LogP contribution >= 0.6 is 0 Å². The lowest BCUT2D eigenvalue weighted by Gasteiger charge is -2.10. The lowest BCUT2D eigenvalue weighted by Crippen LogP contribution is -2.21. The zero-order valence-electron chi connectivity index (χ0n) is 11.5. The number of aliphatic hydroxyl groups excluding tert-OH is 1. The van der Waals surface area contributed by atoms with Gasteiger partial charge in [-0.15, -0.1) is 0 Å². The van der Waals surface area contributed by atoms with Crippen LogP contribution in [0, 0.1) is 0 Å². The highest BCUT2D eigenvalue weighted by Gasteiger charge is 2.04. The van der Waals surface area contributed by atoms with E-state index in [-0.39, 0.29) is 5.56 Å². The molecule has 1 aromatic heterocycles. The van der Waals surface area contributed by atoms with Crippen molar-refractivity contribution in [3.63, 3.8) is 0 Å². The van der Waals surface area contributed by atoms with Gasteiger partial charge in [-0.1, -0.05) is 25.1 Å². The molecule has 2 aromatic rings. The van der Waals surface area contributed by atoms with E-state index in [1.54, 1.807) is 16.8 Å². The average Bonchev–Trinajstić information content (AvgIpc) is 2.49. The molecular formula is C16H19NO3. The van der Waals surface area contributed by atoms with Crippen LogP contribution in [-0.2, 0) is 6.54 Å². The van der Waals surface area contributed by atoms with E-state index in [1.165, 1.54) is 6.07 Å². The van der Waals surface area contributed by atoms with Gasteiger partial charge in [0.2, 0.25) is 0 Å². The monoisotopic (exact) mass is 273 g/mol. The molecule has 1 aromatic carbocycles. The Bertz CT molecular complexity index is 589. The Kier molecular flexibility index (Phi) is 4.96. The highest BCUT2D eigenvalue weighted by molar-refractivity contribution is 5.28. The van der Waals surface area contributed by atoms with Gasteiger partial charge in [-0.2, -0.15) is 0 Å². The highest BCUT2D eigenvalue weighted by Crippen LogP contribution is 2.19. The van der Waals surface area contributed by atoms with Crippen LogP contribution in [0.2, 0.25) is 0 Å². The Labute approximate surface area is 118 Å². The van der Waals surface area contributed by atoms with E-state index in [4.69, 9.17) is 4.74 Å². The topological polar surface area (TPSA) is 51.5 Å². The van der Waals surface area contributed by atoms with E-state index >= 15 is 0 Å². The molecule has 0 aliphatic carbocycles. The molecule has 4 heteroatoms. The summed E-state index contributed by atoms with van der Waals surface area (Å²) >= 11 is 0. The van der Waals surface area contributed by atoms with Gasteiger partial charge in [0.1, 0.15) is 12.4 Å². The SMILES string of the molecule is CC[C@@H](O)c1ccc(OCCn2ccccc2=O)cc1. The van der Waals surface area contributed by atoms with Crippen LogP contribution < -0.4 is 10.3 Å². The van der Waals surface area contributed by atoms with Crippen LogP contribution in [0.5, 0.6) is 5.75 Å². The molecule has 0 unspecified atom stereocenters. The predicted octanol–water partition coefficient (Wildman–Crippen LogP) is 2.37. The summed E-state index contributed by atoms with van der Waals surface area (Å²) in [6.07, 6.45) is 2.01. The van der Waals surface area contributed by atoms with Crippen LogP contribution in [-0.4, -0.2) is 16.3 Å². The number of benzene rings is 1. The van der Waals surface area contributed by atoms with E-state index in [1.807, 2.05) is 37.3 Å². The first kappa shape index (κ1) is 14.3. The number of rotatable bonds is 6. The van der Waals surface area contributed by atoms with Crippen LogP contribution in [0.3, 0.4) is 0 Å². The van der Waals surface area contributed by atoms with Crippen molar-refractivity contribution in [3.05, 3.63) is 64.6 Å². The summed E-state index contributed by atoms with van der Waals surface area (Å²) in [6, 6.07) is 12.5. The molecule has 106 valence electrons. The molecule has 1 N–H and O–H groups in total. The number of hydrogen-bond acceptors (Lipinski definition) is 3. The highest BCUT2D eigenvalue weighted by atomic mass is 16.5. The van der Waals surface area contributed by atoms with Crippen molar-refractivity contribution >= 4 is 0 Å². The summed E-state index contributed by atoms with van der Waals surface area (Å²) in [7, 11) is 0. The largest absolute Gasteiger partial charge is 0.492 e. The van der Waals surface area contributed by atoms with Crippen molar-refractivity contribution in [2.24, 2.45) is 0 Å². The number of hydrogen-bond donors (Lipinski definition) is 1. The van der Waals surface area contributed by atoms with Crippen molar-refractivity contribution in [2.75, 3.05) is 6.61 Å². The first-order valence-electron chi connectivity index (χ1n) is 6.77. The van der Waals surface area contributed by atoms with Crippen molar-refractivity contribution < 1.29 is 9.84 Å². The second-order valence-corrected chi connectivity index (χ2v) is 4.57. The summed E-state index contributed by atoms with van der Waals surface area (Å²) < 4.78 is 7.20. The number of pyridine rings is 1. The molecule has 20 heavy (non-hydrogen) atoms. The lowest BCUT2D eigenvalue weighted by molar-refractivity contribution is 0.173. The molecule has 0 aliphatic rings. The van der Waals surface area contributed by atoms with Crippen LogP contribution in [0.4, 0.5) is 0 Å². The van der Waals surface area contributed by atoms with E-state index in [2.05, 4.69) is 0 Å². The maximum absolute atomic E-state index is 11.5. The van der Waals surface area contributed by atoms with Gasteiger partial charge < -0.3 is 14.4 Å². The fraction of sp³-hybridized carbons (Fsp3) is 0.312. The van der Waals surface area contributed by atoms with Crippen LogP contribution in [0.1, 0.15) is 25.0 Å². The first-order chi connectivity index (χ1) is 9.70. The van der Waals surface area contributed by atoms with Gasteiger partial charge in [-0.05, 0) is 30.2 Å². The van der Waals surface area contributed by atoms with E-state index in [9.17, 15) is 9.90 Å². The Hall–Kier alpha value is -2.07. The maximum Gasteiger partial charge on any atom is 0.250 e. The molecule has 2 rings (SSSR count). The minimum atomic E-state index is -0.424. The molecule has 0 saturated carbocycles. The Morgan fingerprint density at radius 2 is 1.95 bits per heavy atom. The second kappa shape index (κ2) is 6.91. The number of aliphatic hydroxyl groups is 1. The van der Waals surface area contributed by atoms with E-state index in [0.29, 0.717) is 19.6 Å². The molecule has 1 heterocycles. The minimum Gasteiger partial charge on any atom is -0.492 e. The van der Waals surface area contributed by atoms with Crippen molar-refractivity contribution in [1.82, 2.24) is 4.57 Å². The van der Waals surface area contributed by atoms with Gasteiger partial charge in [0.15, 0.2) is 0 Å². The third kappa shape index (κ3) is 3.71. The third-order valence-corrected chi connectivity index (χ3v) is 3.15. The Morgan fingerprint density at radius 1 is 1.20 bits per heavy atom. The maximum atomic E-state index is 11.5. The first-order valence-corrected chi connectivity index (χ1v) is 6.77. The van der Waals surface area contributed by atoms with Crippen LogP contribution in [0.15, 0.2) is 53.5 Å². The molecular weight excluding hydrogens is 254 g/mol. The van der Waals surface area contributed by atoms with E-state index < -0.39 is 6.10 Å². The molecule has 0 bridgehead atoms. The third-order valence-electron chi connectivity index (χ3n) is 3.15. The quantitative estimate of drug-likeness (QED) is 0.879. The Balaban J connectivity index is 1.88. The van der Waals surface area contributed by atoms with Gasteiger partial charge >= 0.3 is 0 Å². The zero-order valence-corrected chi connectivity index (χ0v) is 11.5. The average molecular weight is 273 g/mol. The molecule has 1 atom stereocenters. The fourth-order valence-electron chi connectivity index (χ4n) is 1.93. The fourth-order valence-corrected chi connectivity index (χ4v) is 1.93. The van der Waals surface area contributed by atoms with Gasteiger partial charge in [-0.25, -0.2) is 0 Å². The second-order valence-electron chi connectivity index (χ2n) is 4.57. The molecule has 4 nitrogen and oxygen atoms in total. The van der Waals surface area contributed by atoms with Crippen LogP contribution in [0.25, 0.3) is 0 Å². The van der Waals surface area contributed by atoms with Gasteiger partial charge in [0, 0.05) is 12.3 Å². The van der Waals surface area contributed by atoms with Crippen molar-refractivity contribution in [2.45, 2.75) is 26.0 Å². The smallest absolute Gasteiger partial charge is 0.250 e. The lowest BCUT2D eigenvalue weighted by atomic mass is 10.1. The minimum absolute atomic E-state index is 0.0301. The molecule has 0 radical (unpaired) electrons. The molecule has 0 amide bonds. The Morgan fingerprint density at radius 3 is 2.60 bits per heavy atom. The number of ether oxygens (including phenoxy) is 1. The van der Waals surface area contributed by atoms with E-state index in [0.717, 1.165) is 11.3 Å². The van der Waals surface area contributed by atoms with Crippen molar-refractivity contribution in [3.8, 4) is 5.75 Å². The summed E-state index contributed by atoms with van der Waals surface area (Å²) in [5.41, 5.74) is 0.858. The number of aromatic nitrogens is 1. The molecule has 0 fully saturated rings. The normalized spacial score (nSPS) is 12.1. The van der Waals surface area contributed by atoms with Gasteiger partial charge in [0.05, 0.1) is 12.6 Å². The zero-order chi connectivity index (χ0) is 14.4. The van der Waals surface area contributed by atoms with Gasteiger partial charge in [0.25, 0.3) is 5.56 Å². The molecule has 0 saturated heterocycles. The molecule has 0 aliphatic heterocycles. The van der Waals surface area contributed by atoms with Gasteiger partial charge in [-0.3, -0.25) is 4.79 Å². The standard InChI is InChI=1S/C16H19NO3/c1-2-15(18)13-6-8-14(9-7-13)20-12-11-17-10-4-3-5-16(17)19/h3-10,15,18H,2,11-12H2,1H3/t15-/m1/s1. The predicted molar refractivity (Wildman–Crippen MR) is 77.9 cm³/mol. The van der Waals surface area contributed by atoms with Crippen molar-refractivity contribution in [1.29, 1.82) is 0 Å². The summed E-state index contributed by atoms with van der Waals surface area (Å²) in [5.74, 6) is 0.737. The molecule has 0 spiro atoms. The number of nitrogens with zero attached hydrogens (tertiary/aromatic N) is 1. The summed E-state index contributed by atoms with van der Waals surface area (Å²) in [5, 5.41) is 9.70.